The van der Waals surface area contributed by atoms with Crippen LogP contribution in [0.15, 0.2) is 9.85 Å². The van der Waals surface area contributed by atoms with Crippen molar-refractivity contribution in [3.8, 4) is 5.75 Å². The molecule has 1 amide bonds. The topological polar surface area (TPSA) is 64.8 Å². The van der Waals surface area contributed by atoms with Gasteiger partial charge in [-0.15, -0.1) is 11.3 Å². The van der Waals surface area contributed by atoms with E-state index < -0.39 is 0 Å². The Morgan fingerprint density at radius 3 is 2.81 bits per heavy atom. The first kappa shape index (κ1) is 16.7. The number of carbonyl (C=O) groups excluding carboxylic acids is 1. The van der Waals surface area contributed by atoms with Crippen molar-refractivity contribution in [2.75, 3.05) is 33.4 Å². The second-order valence-electron chi connectivity index (χ2n) is 4.96. The van der Waals surface area contributed by atoms with Gasteiger partial charge in [0, 0.05) is 25.8 Å². The minimum atomic E-state index is 0.0735. The number of hydrogen-bond donors (Lipinski definition) is 1. The molecule has 1 saturated heterocycles. The molecule has 2 heterocycles. The summed E-state index contributed by atoms with van der Waals surface area (Å²) in [6, 6.07) is 1.79. The zero-order chi connectivity index (χ0) is 15.2. The summed E-state index contributed by atoms with van der Waals surface area (Å²) < 4.78 is 11.8. The number of piperidine rings is 1. The second-order valence-corrected chi connectivity index (χ2v) is 7.33. The largest absolute Gasteiger partial charge is 0.495 e. The Balaban J connectivity index is 1.85. The summed E-state index contributed by atoms with van der Waals surface area (Å²) in [4.78, 5) is 15.0. The normalized spacial score (nSPS) is 16.2. The maximum atomic E-state index is 12.5. The standard InChI is InChI=1S/C14H21BrN2O3S/c1-19-11-9-12(21-13(11)15)14(18)17-6-3-10(4-7-17)20-8-2-5-16/h9-10H,2-8,16H2,1H3. The van der Waals surface area contributed by atoms with Gasteiger partial charge in [0.15, 0.2) is 0 Å². The Morgan fingerprint density at radius 2 is 2.24 bits per heavy atom. The molecule has 0 saturated carbocycles. The first-order valence-electron chi connectivity index (χ1n) is 7.10. The van der Waals surface area contributed by atoms with Gasteiger partial charge >= 0.3 is 0 Å². The molecule has 2 rings (SSSR count). The number of hydrogen-bond acceptors (Lipinski definition) is 5. The summed E-state index contributed by atoms with van der Waals surface area (Å²) in [6.07, 6.45) is 2.92. The van der Waals surface area contributed by atoms with E-state index in [0.717, 1.165) is 36.1 Å². The fourth-order valence-corrected chi connectivity index (χ4v) is 3.93. The van der Waals surface area contributed by atoms with Crippen LogP contribution in [0.1, 0.15) is 28.9 Å². The van der Waals surface area contributed by atoms with Crippen molar-refractivity contribution in [1.82, 2.24) is 4.90 Å². The molecular formula is C14H21BrN2O3S. The fraction of sp³-hybridized carbons (Fsp3) is 0.643. The molecule has 1 aliphatic heterocycles. The van der Waals surface area contributed by atoms with Crippen LogP contribution in [-0.2, 0) is 4.74 Å². The number of amides is 1. The number of nitrogens with zero attached hydrogens (tertiary/aromatic N) is 1. The van der Waals surface area contributed by atoms with Crippen molar-refractivity contribution < 1.29 is 14.3 Å². The van der Waals surface area contributed by atoms with Gasteiger partial charge in [0.05, 0.1) is 18.1 Å². The van der Waals surface area contributed by atoms with Crippen LogP contribution in [0.3, 0.4) is 0 Å². The fourth-order valence-electron chi connectivity index (χ4n) is 2.31. The predicted molar refractivity (Wildman–Crippen MR) is 87.1 cm³/mol. The summed E-state index contributed by atoms with van der Waals surface area (Å²) in [5.74, 6) is 0.785. The van der Waals surface area contributed by atoms with Gasteiger partial charge in [-0.25, -0.2) is 0 Å². The second kappa shape index (κ2) is 8.12. The third kappa shape index (κ3) is 4.42. The van der Waals surface area contributed by atoms with Gasteiger partial charge in [-0.2, -0.15) is 0 Å². The van der Waals surface area contributed by atoms with Crippen LogP contribution >= 0.6 is 27.3 Å². The summed E-state index contributed by atoms with van der Waals surface area (Å²) >= 11 is 4.82. The lowest BCUT2D eigenvalue weighted by molar-refractivity contribution is 0.00857. The molecule has 1 aromatic rings. The van der Waals surface area contributed by atoms with Crippen LogP contribution in [0.4, 0.5) is 0 Å². The van der Waals surface area contributed by atoms with Crippen molar-refractivity contribution in [3.05, 3.63) is 14.7 Å². The molecule has 0 spiro atoms. The van der Waals surface area contributed by atoms with Crippen LogP contribution in [-0.4, -0.2) is 50.3 Å². The molecule has 0 unspecified atom stereocenters. The molecule has 118 valence electrons. The monoisotopic (exact) mass is 376 g/mol. The summed E-state index contributed by atoms with van der Waals surface area (Å²) in [7, 11) is 1.60. The van der Waals surface area contributed by atoms with E-state index in [9.17, 15) is 4.79 Å². The highest BCUT2D eigenvalue weighted by atomic mass is 79.9. The summed E-state index contributed by atoms with van der Waals surface area (Å²) in [5, 5.41) is 0. The molecule has 21 heavy (non-hydrogen) atoms. The highest BCUT2D eigenvalue weighted by Gasteiger charge is 2.25. The first-order chi connectivity index (χ1) is 10.2. The van der Waals surface area contributed by atoms with Crippen LogP contribution in [0, 0.1) is 0 Å². The lowest BCUT2D eigenvalue weighted by Crippen LogP contribution is -2.40. The lowest BCUT2D eigenvalue weighted by Gasteiger charge is -2.31. The van der Waals surface area contributed by atoms with Gasteiger partial charge in [-0.1, -0.05) is 0 Å². The summed E-state index contributed by atoms with van der Waals surface area (Å²) in [5.41, 5.74) is 5.45. The number of methoxy groups -OCH3 is 1. The van der Waals surface area contributed by atoms with Gasteiger partial charge in [-0.3, -0.25) is 4.79 Å². The molecule has 0 aromatic carbocycles. The molecule has 0 radical (unpaired) electrons. The molecule has 0 bridgehead atoms. The molecule has 1 aromatic heterocycles. The Hall–Kier alpha value is -0.630. The van der Waals surface area contributed by atoms with E-state index >= 15 is 0 Å². The molecular weight excluding hydrogens is 356 g/mol. The zero-order valence-corrected chi connectivity index (χ0v) is 14.5. The van der Waals surface area contributed by atoms with Crippen LogP contribution in [0.2, 0.25) is 0 Å². The zero-order valence-electron chi connectivity index (χ0n) is 12.1. The number of thiophene rings is 1. The lowest BCUT2D eigenvalue weighted by atomic mass is 10.1. The number of nitrogens with two attached hydrogens (primary N) is 1. The third-order valence-electron chi connectivity index (χ3n) is 3.52. The van der Waals surface area contributed by atoms with E-state index in [1.165, 1.54) is 11.3 Å². The van der Waals surface area contributed by atoms with E-state index in [2.05, 4.69) is 15.9 Å². The van der Waals surface area contributed by atoms with E-state index in [1.807, 2.05) is 4.90 Å². The average molecular weight is 377 g/mol. The van der Waals surface area contributed by atoms with E-state index in [0.29, 0.717) is 23.8 Å². The van der Waals surface area contributed by atoms with Gasteiger partial charge in [0.2, 0.25) is 0 Å². The van der Waals surface area contributed by atoms with Gasteiger partial charge in [-0.05, 0) is 41.7 Å². The summed E-state index contributed by atoms with van der Waals surface area (Å²) in [6.45, 7) is 2.85. The van der Waals surface area contributed by atoms with Gasteiger partial charge in [0.1, 0.15) is 9.54 Å². The number of ether oxygens (including phenoxy) is 2. The first-order valence-corrected chi connectivity index (χ1v) is 8.71. The SMILES string of the molecule is COc1cc(C(=O)N2CCC(OCCCN)CC2)sc1Br. The Labute approximate surface area is 137 Å². The quantitative estimate of drug-likeness (QED) is 0.774. The predicted octanol–water partition coefficient (Wildman–Crippen LogP) is 2.49. The van der Waals surface area contributed by atoms with Crippen LogP contribution < -0.4 is 10.5 Å². The third-order valence-corrected chi connectivity index (χ3v) is 5.29. The molecule has 7 heteroatoms. The van der Waals surface area contributed by atoms with Crippen LogP contribution in [0.25, 0.3) is 0 Å². The average Bonchev–Trinajstić information content (AvgIpc) is 2.88. The minimum absolute atomic E-state index is 0.0735. The minimum Gasteiger partial charge on any atom is -0.495 e. The van der Waals surface area contributed by atoms with Gasteiger partial charge in [0.25, 0.3) is 5.91 Å². The van der Waals surface area contributed by atoms with Gasteiger partial charge < -0.3 is 20.1 Å². The van der Waals surface area contributed by atoms with Crippen molar-refractivity contribution in [2.24, 2.45) is 5.73 Å². The molecule has 2 N–H and O–H groups in total. The van der Waals surface area contributed by atoms with E-state index in [4.69, 9.17) is 15.2 Å². The highest BCUT2D eigenvalue weighted by Crippen LogP contribution is 2.35. The Kier molecular flexibility index (Phi) is 6.47. The molecule has 5 nitrogen and oxygen atoms in total. The number of rotatable bonds is 6. The number of halogens is 1. The Bertz CT molecular complexity index is 473. The van der Waals surface area contributed by atoms with Crippen molar-refractivity contribution in [2.45, 2.75) is 25.4 Å². The maximum absolute atomic E-state index is 12.5. The van der Waals surface area contributed by atoms with Crippen LogP contribution in [0.5, 0.6) is 5.75 Å². The number of likely N-dealkylation sites (tertiary alicyclic amines) is 1. The van der Waals surface area contributed by atoms with E-state index in [1.54, 1.807) is 13.2 Å². The molecule has 0 atom stereocenters. The molecule has 0 aliphatic carbocycles. The number of carbonyl (C=O) groups is 1. The maximum Gasteiger partial charge on any atom is 0.264 e. The van der Waals surface area contributed by atoms with Crippen molar-refractivity contribution in [3.63, 3.8) is 0 Å². The molecule has 1 aliphatic rings. The smallest absolute Gasteiger partial charge is 0.264 e. The Morgan fingerprint density at radius 1 is 1.52 bits per heavy atom. The highest BCUT2D eigenvalue weighted by molar-refractivity contribution is 9.11. The van der Waals surface area contributed by atoms with E-state index in [-0.39, 0.29) is 12.0 Å². The van der Waals surface area contributed by atoms with Crippen molar-refractivity contribution >= 4 is 33.2 Å². The van der Waals surface area contributed by atoms with Crippen molar-refractivity contribution in [1.29, 1.82) is 0 Å². The molecule has 1 fully saturated rings.